The Labute approximate surface area is 47.1 Å². The lowest BCUT2D eigenvalue weighted by atomic mass is 11.0. The minimum atomic E-state index is -3.67. The zero-order chi connectivity index (χ0) is 7.15. The molecule has 0 aliphatic rings. The molecule has 0 heterocycles. The van der Waals surface area contributed by atoms with Crippen LogP contribution in [0.1, 0.15) is 0 Å². The van der Waals surface area contributed by atoms with Gasteiger partial charge in [0.15, 0.2) is 0 Å². The van der Waals surface area contributed by atoms with Crippen LogP contribution in [0.15, 0.2) is 0 Å². The second kappa shape index (κ2) is 6.75. The molecule has 0 bridgehead atoms. The molecular formula is C4H11F3N+. The van der Waals surface area contributed by atoms with Crippen LogP contribution in [-0.2, 0) is 0 Å². The van der Waals surface area contributed by atoms with Crippen molar-refractivity contribution in [3.63, 3.8) is 0 Å². The van der Waals surface area contributed by atoms with E-state index in [1.165, 1.54) is 4.90 Å². The van der Waals surface area contributed by atoms with Gasteiger partial charge in [0.2, 0.25) is 0 Å². The summed E-state index contributed by atoms with van der Waals surface area (Å²) < 4.78 is 29.0. The molecule has 4 heteroatoms. The molecule has 0 saturated carbocycles. The number of quaternary nitrogens is 1. The van der Waals surface area contributed by atoms with Crippen molar-refractivity contribution in [2.45, 2.75) is 6.68 Å². The molecule has 0 rings (SSSR count). The number of nitrogens with one attached hydrogen (secondary N) is 1. The summed E-state index contributed by atoms with van der Waals surface area (Å²) in [7, 11) is 6.25. The molecule has 0 fully saturated rings. The van der Waals surface area contributed by atoms with E-state index >= 15 is 0 Å². The van der Waals surface area contributed by atoms with Gasteiger partial charge in [0.25, 0.3) is 0 Å². The molecule has 0 atom stereocenters. The molecule has 1 nitrogen and oxygen atoms in total. The Balaban J connectivity index is 0. The summed E-state index contributed by atoms with van der Waals surface area (Å²) in [6.45, 7) is -3.67. The lowest BCUT2D eigenvalue weighted by Crippen LogP contribution is -3.02. The van der Waals surface area contributed by atoms with Crippen molar-refractivity contribution in [2.75, 3.05) is 21.1 Å². The molecule has 0 unspecified atom stereocenters. The molecule has 0 saturated heterocycles. The molecule has 0 aromatic heterocycles. The van der Waals surface area contributed by atoms with Crippen molar-refractivity contribution in [3.05, 3.63) is 0 Å². The Kier molecular flexibility index (Phi) is 9.01. The quantitative estimate of drug-likeness (QED) is 0.468. The second-order valence-electron chi connectivity index (χ2n) is 1.75. The van der Waals surface area contributed by atoms with Gasteiger partial charge >= 0.3 is 6.68 Å². The molecule has 0 aliphatic heterocycles. The maximum atomic E-state index is 9.67. The molecule has 0 radical (unpaired) electrons. The van der Waals surface area contributed by atoms with E-state index in [9.17, 15) is 13.2 Å². The minimum absolute atomic E-state index is 1.42. The van der Waals surface area contributed by atoms with Gasteiger partial charge in [-0.25, -0.2) is 0 Å². The van der Waals surface area contributed by atoms with Crippen molar-refractivity contribution in [2.24, 2.45) is 0 Å². The van der Waals surface area contributed by atoms with E-state index in [2.05, 4.69) is 21.1 Å². The van der Waals surface area contributed by atoms with E-state index in [-0.39, 0.29) is 0 Å². The summed E-state index contributed by atoms with van der Waals surface area (Å²) in [6.07, 6.45) is 0. The Morgan fingerprint density at radius 3 is 1.00 bits per heavy atom. The molecule has 0 aromatic carbocycles. The number of rotatable bonds is 0. The fourth-order valence-electron chi connectivity index (χ4n) is 0. The van der Waals surface area contributed by atoms with Crippen molar-refractivity contribution in [3.8, 4) is 0 Å². The average molecular weight is 130 g/mol. The summed E-state index contributed by atoms with van der Waals surface area (Å²) >= 11 is 0. The van der Waals surface area contributed by atoms with Crippen molar-refractivity contribution < 1.29 is 18.1 Å². The highest BCUT2D eigenvalue weighted by atomic mass is 19.4. The third-order valence-electron chi connectivity index (χ3n) is 0. The summed E-state index contributed by atoms with van der Waals surface area (Å²) in [5.74, 6) is 0. The van der Waals surface area contributed by atoms with Gasteiger partial charge in [-0.3, -0.25) is 0 Å². The van der Waals surface area contributed by atoms with Crippen LogP contribution >= 0.6 is 0 Å². The van der Waals surface area contributed by atoms with Gasteiger partial charge in [0.1, 0.15) is 0 Å². The van der Waals surface area contributed by atoms with Crippen LogP contribution in [0.4, 0.5) is 13.2 Å². The Hall–Kier alpha value is -0.250. The van der Waals surface area contributed by atoms with Crippen LogP contribution in [0.5, 0.6) is 0 Å². The SMILES string of the molecule is C[NH+](C)C.FC(F)F. The van der Waals surface area contributed by atoms with Gasteiger partial charge < -0.3 is 4.90 Å². The summed E-state index contributed by atoms with van der Waals surface area (Å²) in [5, 5.41) is 0. The highest BCUT2D eigenvalue weighted by Gasteiger charge is 1.86. The topological polar surface area (TPSA) is 4.44 Å². The van der Waals surface area contributed by atoms with Crippen LogP contribution < -0.4 is 4.90 Å². The summed E-state index contributed by atoms with van der Waals surface area (Å²) in [6, 6.07) is 0. The van der Waals surface area contributed by atoms with E-state index in [0.717, 1.165) is 0 Å². The van der Waals surface area contributed by atoms with E-state index in [1.54, 1.807) is 0 Å². The molecule has 0 spiro atoms. The van der Waals surface area contributed by atoms with E-state index in [4.69, 9.17) is 0 Å². The first-order chi connectivity index (χ1) is 3.46. The van der Waals surface area contributed by atoms with Crippen LogP contribution in [0, 0.1) is 0 Å². The third-order valence-corrected chi connectivity index (χ3v) is 0. The zero-order valence-corrected chi connectivity index (χ0v) is 5.21. The zero-order valence-electron chi connectivity index (χ0n) is 5.21. The predicted molar refractivity (Wildman–Crippen MR) is 25.8 cm³/mol. The average Bonchev–Trinajstić information content (AvgIpc) is 1.25. The Morgan fingerprint density at radius 1 is 1.00 bits per heavy atom. The molecule has 0 aliphatic carbocycles. The van der Waals surface area contributed by atoms with Gasteiger partial charge in [-0.05, 0) is 0 Å². The number of alkyl halides is 3. The largest absolute Gasteiger partial charge is 0.379 e. The summed E-state index contributed by atoms with van der Waals surface area (Å²) in [5.41, 5.74) is 0. The second-order valence-corrected chi connectivity index (χ2v) is 1.75. The molecule has 0 aromatic rings. The first kappa shape index (κ1) is 10.7. The lowest BCUT2D eigenvalue weighted by molar-refractivity contribution is -0.836. The van der Waals surface area contributed by atoms with Crippen molar-refractivity contribution in [1.82, 2.24) is 0 Å². The molecule has 52 valence electrons. The van der Waals surface area contributed by atoms with Gasteiger partial charge in [0.05, 0.1) is 21.1 Å². The van der Waals surface area contributed by atoms with Gasteiger partial charge in [0, 0.05) is 0 Å². The normalized spacial score (nSPS) is 9.00. The van der Waals surface area contributed by atoms with Crippen molar-refractivity contribution in [1.29, 1.82) is 0 Å². The fraction of sp³-hybridized carbons (Fsp3) is 1.00. The molecule has 0 amide bonds. The lowest BCUT2D eigenvalue weighted by Gasteiger charge is -1.88. The Morgan fingerprint density at radius 2 is 1.00 bits per heavy atom. The molecule has 8 heavy (non-hydrogen) atoms. The molecule has 1 N–H and O–H groups in total. The Bertz CT molecular complexity index is 26.8. The number of hydrogen-bond donors (Lipinski definition) is 1. The summed E-state index contributed by atoms with van der Waals surface area (Å²) in [4.78, 5) is 1.42. The maximum Gasteiger partial charge on any atom is 0.379 e. The van der Waals surface area contributed by atoms with Gasteiger partial charge in [-0.2, -0.15) is 13.2 Å². The van der Waals surface area contributed by atoms with Crippen molar-refractivity contribution >= 4 is 0 Å². The van der Waals surface area contributed by atoms with Crippen LogP contribution in [-0.4, -0.2) is 27.8 Å². The highest BCUT2D eigenvalue weighted by molar-refractivity contribution is 3.83. The monoisotopic (exact) mass is 130 g/mol. The smallest absolute Gasteiger partial charge is 0.342 e. The first-order valence-electron chi connectivity index (χ1n) is 2.15. The molecular weight excluding hydrogens is 119 g/mol. The van der Waals surface area contributed by atoms with E-state index in [0.29, 0.717) is 0 Å². The van der Waals surface area contributed by atoms with E-state index < -0.39 is 6.68 Å². The van der Waals surface area contributed by atoms with Crippen LogP contribution in [0.3, 0.4) is 0 Å². The standard InChI is InChI=1S/C3H9N.CHF3/c1-4(2)3;2-1(3)4/h1-3H3;1H/p+1. The predicted octanol–water partition coefficient (Wildman–Crippen LogP) is -0.0608. The maximum absolute atomic E-state index is 9.67. The minimum Gasteiger partial charge on any atom is -0.342 e. The van der Waals surface area contributed by atoms with E-state index in [1.807, 2.05) is 0 Å². The fourth-order valence-corrected chi connectivity index (χ4v) is 0. The highest BCUT2D eigenvalue weighted by Crippen LogP contribution is 1.87. The van der Waals surface area contributed by atoms with Gasteiger partial charge in [-0.1, -0.05) is 0 Å². The third kappa shape index (κ3) is 2080. The first-order valence-corrected chi connectivity index (χ1v) is 2.15. The van der Waals surface area contributed by atoms with Crippen LogP contribution in [0.2, 0.25) is 0 Å². The number of hydrogen-bond acceptors (Lipinski definition) is 0. The van der Waals surface area contributed by atoms with Crippen LogP contribution in [0.25, 0.3) is 0 Å². The van der Waals surface area contributed by atoms with Gasteiger partial charge in [-0.15, -0.1) is 0 Å². The number of halogens is 3.